The first kappa shape index (κ1) is 15.9. The van der Waals surface area contributed by atoms with Crippen LogP contribution in [0.25, 0.3) is 0 Å². The quantitative estimate of drug-likeness (QED) is 0.912. The van der Waals surface area contributed by atoms with Gasteiger partial charge in [-0.05, 0) is 32.9 Å². The molecule has 0 aliphatic rings. The Balaban J connectivity index is 2.36. The molecule has 1 atom stereocenters. The maximum absolute atomic E-state index is 13.7. The first-order valence-corrected chi connectivity index (χ1v) is 6.87. The molecule has 0 spiro atoms. The zero-order chi connectivity index (χ0) is 16.4. The summed E-state index contributed by atoms with van der Waals surface area (Å²) in [7, 11) is 0. The van der Waals surface area contributed by atoms with Crippen LogP contribution in [0.2, 0.25) is 0 Å². The largest absolute Gasteiger partial charge is 0.365 e. The van der Waals surface area contributed by atoms with Crippen LogP contribution in [0.3, 0.4) is 0 Å². The number of anilines is 1. The highest BCUT2D eigenvalue weighted by atomic mass is 19.1. The van der Waals surface area contributed by atoms with E-state index in [1.165, 1.54) is 19.1 Å². The summed E-state index contributed by atoms with van der Waals surface area (Å²) in [5.41, 5.74) is -1.22. The van der Waals surface area contributed by atoms with E-state index in [4.69, 9.17) is 0 Å². The molecule has 0 saturated heterocycles. The molecule has 0 aliphatic carbocycles. The van der Waals surface area contributed by atoms with Crippen LogP contribution < -0.4 is 16.6 Å². The zero-order valence-electron chi connectivity index (χ0n) is 12.5. The summed E-state index contributed by atoms with van der Waals surface area (Å²) in [4.78, 5) is 26.3. The Bertz CT molecular complexity index is 745. The van der Waals surface area contributed by atoms with Crippen molar-refractivity contribution in [1.82, 2.24) is 9.55 Å². The summed E-state index contributed by atoms with van der Waals surface area (Å²) in [6.45, 7) is 4.95. The molecule has 0 saturated carbocycles. The first-order chi connectivity index (χ1) is 10.3. The van der Waals surface area contributed by atoms with Gasteiger partial charge >= 0.3 is 5.69 Å². The third-order valence-electron chi connectivity index (χ3n) is 3.29. The average molecular weight is 309 g/mol. The van der Waals surface area contributed by atoms with Crippen LogP contribution in [0.4, 0.5) is 14.6 Å². The van der Waals surface area contributed by atoms with Gasteiger partial charge in [-0.1, -0.05) is 6.07 Å². The summed E-state index contributed by atoms with van der Waals surface area (Å²) in [6.07, 6.45) is 0. The van der Waals surface area contributed by atoms with Crippen LogP contribution in [0, 0.1) is 11.6 Å². The lowest BCUT2D eigenvalue weighted by atomic mass is 10.1. The Morgan fingerprint density at radius 2 is 1.73 bits per heavy atom. The number of hydrogen-bond donors (Lipinski definition) is 2. The fraction of sp³-hybridized carbons (Fsp3) is 0.333. The van der Waals surface area contributed by atoms with E-state index < -0.39 is 28.9 Å². The maximum atomic E-state index is 13.7. The van der Waals surface area contributed by atoms with Gasteiger partial charge in [0.15, 0.2) is 0 Å². The molecule has 0 fully saturated rings. The summed E-state index contributed by atoms with van der Waals surface area (Å²) >= 11 is 0. The van der Waals surface area contributed by atoms with E-state index in [-0.39, 0.29) is 17.4 Å². The number of aromatic amines is 1. The van der Waals surface area contributed by atoms with E-state index in [9.17, 15) is 18.4 Å². The number of nitrogens with zero attached hydrogens (tertiary/aromatic N) is 1. The van der Waals surface area contributed by atoms with Gasteiger partial charge < -0.3 is 5.32 Å². The van der Waals surface area contributed by atoms with Gasteiger partial charge in [0, 0.05) is 17.7 Å². The third kappa shape index (κ3) is 3.08. The summed E-state index contributed by atoms with van der Waals surface area (Å²) in [5, 5.41) is 2.74. The Hall–Kier alpha value is -2.44. The van der Waals surface area contributed by atoms with Crippen LogP contribution in [0.1, 0.15) is 38.4 Å². The van der Waals surface area contributed by atoms with Crippen molar-refractivity contribution in [1.29, 1.82) is 0 Å². The predicted molar refractivity (Wildman–Crippen MR) is 80.1 cm³/mol. The normalized spacial score (nSPS) is 12.5. The van der Waals surface area contributed by atoms with E-state index in [1.807, 2.05) is 0 Å². The number of aromatic nitrogens is 2. The number of hydrogen-bond acceptors (Lipinski definition) is 3. The molecule has 5 nitrogen and oxygen atoms in total. The predicted octanol–water partition coefficient (Wildman–Crippen LogP) is 2.57. The Morgan fingerprint density at radius 1 is 1.14 bits per heavy atom. The molecule has 2 aromatic rings. The van der Waals surface area contributed by atoms with Crippen molar-refractivity contribution in [2.45, 2.75) is 32.9 Å². The monoisotopic (exact) mass is 309 g/mol. The van der Waals surface area contributed by atoms with E-state index >= 15 is 0 Å². The summed E-state index contributed by atoms with van der Waals surface area (Å²) < 4.78 is 28.5. The van der Waals surface area contributed by atoms with E-state index in [1.54, 1.807) is 13.8 Å². The Morgan fingerprint density at radius 3 is 2.23 bits per heavy atom. The summed E-state index contributed by atoms with van der Waals surface area (Å²) in [5.74, 6) is -1.28. The summed E-state index contributed by atoms with van der Waals surface area (Å²) in [6, 6.07) is 3.72. The molecule has 0 bridgehead atoms. The molecule has 0 unspecified atom stereocenters. The Kier molecular flexibility index (Phi) is 4.44. The van der Waals surface area contributed by atoms with E-state index in [0.717, 1.165) is 16.7 Å². The second-order valence-corrected chi connectivity index (χ2v) is 5.29. The number of H-pyrrole nitrogens is 1. The van der Waals surface area contributed by atoms with Crippen molar-refractivity contribution in [3.8, 4) is 0 Å². The van der Waals surface area contributed by atoms with Gasteiger partial charge in [-0.25, -0.2) is 13.6 Å². The highest BCUT2D eigenvalue weighted by Gasteiger charge is 2.17. The number of nitrogens with one attached hydrogen (secondary N) is 2. The van der Waals surface area contributed by atoms with Crippen molar-refractivity contribution in [3.63, 3.8) is 0 Å². The van der Waals surface area contributed by atoms with Crippen molar-refractivity contribution < 1.29 is 8.78 Å². The van der Waals surface area contributed by atoms with Crippen molar-refractivity contribution in [2.75, 3.05) is 5.32 Å². The zero-order valence-corrected chi connectivity index (χ0v) is 12.5. The molecular formula is C15H17F2N3O2. The lowest BCUT2D eigenvalue weighted by Gasteiger charge is -2.17. The van der Waals surface area contributed by atoms with Gasteiger partial charge in [0.05, 0.1) is 6.04 Å². The second kappa shape index (κ2) is 6.13. The van der Waals surface area contributed by atoms with Gasteiger partial charge in [-0.2, -0.15) is 0 Å². The molecule has 2 rings (SSSR count). The highest BCUT2D eigenvalue weighted by molar-refractivity contribution is 5.37. The SMILES string of the molecule is CC(C)n1c(=O)cc(N[C@@H](C)c2c(F)cccc2F)[nH]c1=O. The number of rotatable bonds is 4. The first-order valence-electron chi connectivity index (χ1n) is 6.87. The van der Waals surface area contributed by atoms with Gasteiger partial charge in [-0.15, -0.1) is 0 Å². The number of halogens is 2. The average Bonchev–Trinajstić information content (AvgIpc) is 2.36. The molecule has 7 heteroatoms. The van der Waals surface area contributed by atoms with Gasteiger partial charge in [0.25, 0.3) is 5.56 Å². The molecule has 0 amide bonds. The minimum Gasteiger partial charge on any atom is -0.365 e. The minimum absolute atomic E-state index is 0.113. The van der Waals surface area contributed by atoms with Crippen molar-refractivity contribution in [3.05, 3.63) is 62.3 Å². The molecule has 1 aromatic heterocycles. The molecule has 0 radical (unpaired) electrons. The number of benzene rings is 1. The third-order valence-corrected chi connectivity index (χ3v) is 3.29. The van der Waals surface area contributed by atoms with Crippen LogP contribution in [-0.2, 0) is 0 Å². The lowest BCUT2D eigenvalue weighted by Crippen LogP contribution is -2.36. The topological polar surface area (TPSA) is 66.9 Å². The van der Waals surface area contributed by atoms with Crippen LogP contribution in [-0.4, -0.2) is 9.55 Å². The molecule has 2 N–H and O–H groups in total. The van der Waals surface area contributed by atoms with Gasteiger partial charge in [0.1, 0.15) is 17.5 Å². The lowest BCUT2D eigenvalue weighted by molar-refractivity contribution is 0.539. The van der Waals surface area contributed by atoms with E-state index in [0.29, 0.717) is 0 Å². The fourth-order valence-electron chi connectivity index (χ4n) is 2.30. The molecule has 0 aliphatic heterocycles. The smallest absolute Gasteiger partial charge is 0.330 e. The van der Waals surface area contributed by atoms with Crippen molar-refractivity contribution >= 4 is 5.82 Å². The molecule has 22 heavy (non-hydrogen) atoms. The van der Waals surface area contributed by atoms with Crippen LogP contribution in [0.5, 0.6) is 0 Å². The molecular weight excluding hydrogens is 292 g/mol. The standard InChI is InChI=1S/C15H17F2N3O2/c1-8(2)20-13(21)7-12(19-15(20)22)18-9(3)14-10(16)5-4-6-11(14)17/h4-9,18H,1-3H3,(H,19,22)/t9-/m0/s1. The van der Waals surface area contributed by atoms with Gasteiger partial charge in [-0.3, -0.25) is 14.3 Å². The maximum Gasteiger partial charge on any atom is 0.330 e. The van der Waals surface area contributed by atoms with Crippen molar-refractivity contribution in [2.24, 2.45) is 0 Å². The molecule has 1 heterocycles. The van der Waals surface area contributed by atoms with Crippen LogP contribution in [0.15, 0.2) is 33.9 Å². The van der Waals surface area contributed by atoms with Gasteiger partial charge in [0.2, 0.25) is 0 Å². The Labute approximate surface area is 125 Å². The molecule has 1 aromatic carbocycles. The molecule has 118 valence electrons. The van der Waals surface area contributed by atoms with Crippen LogP contribution >= 0.6 is 0 Å². The minimum atomic E-state index is -0.758. The highest BCUT2D eigenvalue weighted by Crippen LogP contribution is 2.22. The second-order valence-electron chi connectivity index (χ2n) is 5.29. The van der Waals surface area contributed by atoms with E-state index in [2.05, 4.69) is 10.3 Å². The fourth-order valence-corrected chi connectivity index (χ4v) is 2.30.